The molecule has 4 nitrogen and oxygen atoms in total. The van der Waals surface area contributed by atoms with Gasteiger partial charge in [0, 0.05) is 0 Å². The van der Waals surface area contributed by atoms with E-state index in [1.807, 2.05) is 0 Å². The van der Waals surface area contributed by atoms with Crippen LogP contribution in [0.15, 0.2) is 0 Å². The van der Waals surface area contributed by atoms with Crippen LogP contribution in [-0.2, 0) is 15.7 Å². The number of thioether (sulfide) groups is 2. The molecule has 0 bridgehead atoms. The maximum atomic E-state index is 12.9. The summed E-state index contributed by atoms with van der Waals surface area (Å²) >= 11 is -0.431. The summed E-state index contributed by atoms with van der Waals surface area (Å²) in [5.74, 6) is 2.50. The zero-order chi connectivity index (χ0) is 31.7. The van der Waals surface area contributed by atoms with Crippen molar-refractivity contribution < 1.29 is 15.7 Å². The van der Waals surface area contributed by atoms with Gasteiger partial charge in [0.25, 0.3) is 0 Å². The van der Waals surface area contributed by atoms with Gasteiger partial charge in [0.2, 0.25) is 0 Å². The molecular weight excluding hydrogens is 679 g/mol. The molecule has 0 saturated carbocycles. The van der Waals surface area contributed by atoms with Crippen molar-refractivity contribution in [1.82, 2.24) is 0 Å². The van der Waals surface area contributed by atoms with Crippen molar-refractivity contribution in [3.63, 3.8) is 0 Å². The van der Waals surface area contributed by atoms with Gasteiger partial charge in [-0.05, 0) is 0 Å². The van der Waals surface area contributed by atoms with Crippen LogP contribution in [0.3, 0.4) is 0 Å². The summed E-state index contributed by atoms with van der Waals surface area (Å²) in [6.45, 7) is 8.85. The number of hydrogen-bond donors (Lipinski definition) is 0. The Labute approximate surface area is 282 Å². The first kappa shape index (κ1) is 43.4. The molecule has 0 unspecified atom stereocenters. The smallest absolute Gasteiger partial charge is 0.0654 e. The van der Waals surface area contributed by atoms with Crippen LogP contribution < -0.4 is 0 Å². The average Bonchev–Trinajstić information content (AvgIpc) is 3.00. The van der Waals surface area contributed by atoms with Crippen LogP contribution in [0.2, 0.25) is 8.87 Å². The van der Waals surface area contributed by atoms with Crippen molar-refractivity contribution >= 4 is 54.7 Å². The van der Waals surface area contributed by atoms with Gasteiger partial charge >= 0.3 is 232 Å². The van der Waals surface area contributed by atoms with Crippen molar-refractivity contribution in [3.05, 3.63) is 0 Å². The van der Waals surface area contributed by atoms with E-state index in [9.17, 15) is 9.59 Å². The van der Waals surface area contributed by atoms with E-state index in [2.05, 4.69) is 27.7 Å². The van der Waals surface area contributed by atoms with E-state index < -0.39 is 19.2 Å². The van der Waals surface area contributed by atoms with E-state index in [-0.39, 0.29) is 11.9 Å². The SMILES string of the molecule is CCCCCCCCCCCCSCC(=O)[O][Sn]([CH2]CCC)([CH2]CCC)[O]C(=O)CSCCCCCCCCCCCC. The Hall–Kier alpha value is 0.439. The molecular formula is C36H72O4S2Sn. The number of hydrogen-bond acceptors (Lipinski definition) is 6. The van der Waals surface area contributed by atoms with Gasteiger partial charge < -0.3 is 0 Å². The summed E-state index contributed by atoms with van der Waals surface area (Å²) < 4.78 is 14.0. The molecule has 0 aromatic carbocycles. The van der Waals surface area contributed by atoms with Crippen molar-refractivity contribution in [2.45, 2.75) is 191 Å². The Bertz CT molecular complexity index is 568. The van der Waals surface area contributed by atoms with E-state index >= 15 is 0 Å². The third kappa shape index (κ3) is 29.6. The molecule has 43 heavy (non-hydrogen) atoms. The molecule has 0 radical (unpaired) electrons. The summed E-state index contributed by atoms with van der Waals surface area (Å²) in [4.78, 5) is 25.9. The van der Waals surface area contributed by atoms with E-state index in [1.165, 1.54) is 128 Å². The molecule has 0 rings (SSSR count). The molecule has 0 saturated heterocycles. The van der Waals surface area contributed by atoms with Crippen molar-refractivity contribution in [3.8, 4) is 0 Å². The van der Waals surface area contributed by atoms with Crippen LogP contribution >= 0.6 is 23.5 Å². The van der Waals surface area contributed by atoms with Crippen LogP contribution in [0.25, 0.3) is 0 Å². The molecule has 0 aliphatic heterocycles. The minimum absolute atomic E-state index is 0.147. The summed E-state index contributed by atoms with van der Waals surface area (Å²) in [6.07, 6.45) is 30.6. The Kier molecular flexibility index (Phi) is 34.1. The van der Waals surface area contributed by atoms with Gasteiger partial charge in [-0.15, -0.1) is 0 Å². The Morgan fingerprint density at radius 2 is 0.698 bits per heavy atom. The van der Waals surface area contributed by atoms with Gasteiger partial charge in [0.05, 0.1) is 0 Å². The zero-order valence-electron chi connectivity index (χ0n) is 29.2. The van der Waals surface area contributed by atoms with Crippen LogP contribution in [0.1, 0.15) is 182 Å². The van der Waals surface area contributed by atoms with Gasteiger partial charge in [-0.2, -0.15) is 0 Å². The molecule has 0 amide bonds. The fourth-order valence-corrected chi connectivity index (χ4v) is 17.4. The second kappa shape index (κ2) is 33.8. The monoisotopic (exact) mass is 752 g/mol. The first-order valence-electron chi connectivity index (χ1n) is 18.6. The number of rotatable bonds is 34. The summed E-state index contributed by atoms with van der Waals surface area (Å²) in [5, 5.41) is 0. The minimum atomic E-state index is -3.81. The molecule has 0 fully saturated rings. The fourth-order valence-electron chi connectivity index (χ4n) is 5.41. The molecule has 0 aliphatic rings. The zero-order valence-corrected chi connectivity index (χ0v) is 33.6. The molecule has 0 atom stereocenters. The molecule has 7 heteroatoms. The molecule has 0 aromatic heterocycles. The second-order valence-corrected chi connectivity index (χ2v) is 24.0. The van der Waals surface area contributed by atoms with Crippen LogP contribution in [0, 0.1) is 0 Å². The summed E-state index contributed by atoms with van der Waals surface area (Å²) in [5.41, 5.74) is 0. The molecule has 0 heterocycles. The van der Waals surface area contributed by atoms with E-state index in [4.69, 9.17) is 6.15 Å². The Morgan fingerprint density at radius 3 is 1.00 bits per heavy atom. The molecule has 0 N–H and O–H groups in total. The topological polar surface area (TPSA) is 52.6 Å². The number of carbonyl (C=O) groups is 2. The standard InChI is InChI=1S/2C14H28O2S.2C4H9.Sn/c2*1-2-3-4-5-6-7-8-9-10-11-12-17-13-14(15)16;2*1-3-4-2;/h2*2-13H2,1H3,(H,15,16);2*1,3-4H2,2H3;/q;;;;+2/p-2. The van der Waals surface area contributed by atoms with Crippen LogP contribution in [0.4, 0.5) is 0 Å². The van der Waals surface area contributed by atoms with E-state index in [0.29, 0.717) is 11.5 Å². The Balaban J connectivity index is 4.31. The third-order valence-corrected chi connectivity index (χ3v) is 20.0. The maximum absolute atomic E-state index is 12.9. The van der Waals surface area contributed by atoms with E-state index in [1.54, 1.807) is 23.5 Å². The van der Waals surface area contributed by atoms with Crippen molar-refractivity contribution in [1.29, 1.82) is 0 Å². The summed E-state index contributed by atoms with van der Waals surface area (Å²) in [6, 6.07) is 0. The fraction of sp³-hybridized carbons (Fsp3) is 0.944. The molecule has 0 aromatic rings. The van der Waals surface area contributed by atoms with Crippen LogP contribution in [-0.4, -0.2) is 54.2 Å². The third-order valence-electron chi connectivity index (χ3n) is 8.15. The predicted octanol–water partition coefficient (Wildman–Crippen LogP) is 12.4. The molecule has 256 valence electrons. The van der Waals surface area contributed by atoms with E-state index in [0.717, 1.165) is 46.1 Å². The Morgan fingerprint density at radius 1 is 0.419 bits per heavy atom. The number of carbonyl (C=O) groups excluding carboxylic acids is 2. The first-order chi connectivity index (χ1) is 21.0. The van der Waals surface area contributed by atoms with Gasteiger partial charge in [-0.1, -0.05) is 52.4 Å². The van der Waals surface area contributed by atoms with Gasteiger partial charge in [0.15, 0.2) is 0 Å². The van der Waals surface area contributed by atoms with Gasteiger partial charge in [-0.25, -0.2) is 0 Å². The van der Waals surface area contributed by atoms with Gasteiger partial charge in [-0.3, -0.25) is 0 Å². The molecule has 0 aliphatic carbocycles. The minimum Gasteiger partial charge on any atom is -0.0654 e. The van der Waals surface area contributed by atoms with Crippen LogP contribution in [0.5, 0.6) is 0 Å². The van der Waals surface area contributed by atoms with Crippen molar-refractivity contribution in [2.24, 2.45) is 0 Å². The normalized spacial score (nSPS) is 11.6. The number of unbranched alkanes of at least 4 members (excludes halogenated alkanes) is 20. The van der Waals surface area contributed by atoms with Gasteiger partial charge in [0.1, 0.15) is 0 Å². The predicted molar refractivity (Wildman–Crippen MR) is 196 cm³/mol. The first-order valence-corrected chi connectivity index (χ1v) is 27.3. The quantitative estimate of drug-likeness (QED) is 0.0482. The molecule has 0 spiro atoms. The van der Waals surface area contributed by atoms with Crippen molar-refractivity contribution in [2.75, 3.05) is 23.0 Å². The average molecular weight is 752 g/mol. The second-order valence-electron chi connectivity index (χ2n) is 12.5. The summed E-state index contributed by atoms with van der Waals surface area (Å²) in [7, 11) is 0.